The minimum atomic E-state index is -0.207. The molecule has 4 rings (SSSR count). The van der Waals surface area contributed by atoms with Gasteiger partial charge >= 0.3 is 0 Å². The lowest BCUT2D eigenvalue weighted by Crippen LogP contribution is -2.42. The number of fused-ring (bicyclic) bond motifs is 1. The van der Waals surface area contributed by atoms with E-state index in [2.05, 4.69) is 26.9 Å². The Morgan fingerprint density at radius 2 is 1.95 bits per heavy atom. The van der Waals surface area contributed by atoms with Crippen LogP contribution in [0.5, 0.6) is 0 Å². The fourth-order valence-corrected chi connectivity index (χ4v) is 3.40. The van der Waals surface area contributed by atoms with Crippen LogP contribution in [0.3, 0.4) is 0 Å². The molecule has 1 aliphatic heterocycles. The topological polar surface area (TPSA) is 51.0 Å². The second-order valence-corrected chi connectivity index (χ2v) is 6.37. The minimum Gasteiger partial charge on any atom is -0.336 e. The highest BCUT2D eigenvalue weighted by Gasteiger charge is 2.37. The Bertz CT molecular complexity index is 690. The van der Waals surface area contributed by atoms with Crippen molar-refractivity contribution < 1.29 is 4.79 Å². The van der Waals surface area contributed by atoms with Gasteiger partial charge in [0.05, 0.1) is 6.54 Å². The summed E-state index contributed by atoms with van der Waals surface area (Å²) in [6.07, 6.45) is 4.29. The Hall–Kier alpha value is -2.17. The van der Waals surface area contributed by atoms with Crippen molar-refractivity contribution in [1.82, 2.24) is 19.7 Å². The third-order valence-electron chi connectivity index (χ3n) is 4.89. The molecule has 0 bridgehead atoms. The van der Waals surface area contributed by atoms with Crippen LogP contribution < -0.4 is 0 Å². The van der Waals surface area contributed by atoms with Crippen LogP contribution in [0.4, 0.5) is 0 Å². The normalized spacial score (nSPS) is 21.6. The summed E-state index contributed by atoms with van der Waals surface area (Å²) in [4.78, 5) is 14.5. The Balaban J connectivity index is 1.73. The Labute approximate surface area is 130 Å². The molecule has 2 heterocycles. The van der Waals surface area contributed by atoms with Crippen molar-refractivity contribution in [2.45, 2.75) is 44.2 Å². The van der Waals surface area contributed by atoms with Crippen molar-refractivity contribution in [3.63, 3.8) is 0 Å². The fourth-order valence-electron chi connectivity index (χ4n) is 3.40. The molecular weight excluding hydrogens is 276 g/mol. The van der Waals surface area contributed by atoms with E-state index in [0.29, 0.717) is 18.9 Å². The predicted octanol–water partition coefficient (Wildman–Crippen LogP) is 2.30. The number of hydrogen-bond acceptors (Lipinski definition) is 3. The molecule has 0 saturated heterocycles. The third-order valence-corrected chi connectivity index (χ3v) is 4.89. The number of carbonyl (C=O) groups excluding carboxylic acids is 1. The van der Waals surface area contributed by atoms with Crippen LogP contribution in [0, 0.1) is 0 Å². The number of carbonyl (C=O) groups is 1. The maximum atomic E-state index is 12.7. The highest BCUT2D eigenvalue weighted by Crippen LogP contribution is 2.38. The van der Waals surface area contributed by atoms with Gasteiger partial charge in [0.25, 0.3) is 0 Å². The average Bonchev–Trinajstić information content (AvgIpc) is 2.86. The first-order valence-electron chi connectivity index (χ1n) is 7.96. The van der Waals surface area contributed by atoms with E-state index >= 15 is 0 Å². The average molecular weight is 296 g/mol. The van der Waals surface area contributed by atoms with Crippen molar-refractivity contribution in [1.29, 1.82) is 0 Å². The number of hydrogen-bond donors (Lipinski definition) is 0. The second kappa shape index (κ2) is 5.23. The number of rotatable bonds is 3. The summed E-state index contributed by atoms with van der Waals surface area (Å²) in [6, 6.07) is 9.99. The van der Waals surface area contributed by atoms with Gasteiger partial charge in [-0.3, -0.25) is 4.79 Å². The van der Waals surface area contributed by atoms with Crippen LogP contribution in [-0.4, -0.2) is 32.6 Å². The molecular formula is C17H20N4O. The largest absolute Gasteiger partial charge is 0.336 e. The molecule has 5 heteroatoms. The monoisotopic (exact) mass is 296 g/mol. The van der Waals surface area contributed by atoms with Crippen LogP contribution >= 0.6 is 0 Å². The Morgan fingerprint density at radius 1 is 1.18 bits per heavy atom. The first kappa shape index (κ1) is 13.5. The summed E-state index contributed by atoms with van der Waals surface area (Å²) in [6.45, 7) is 0.559. The zero-order valence-corrected chi connectivity index (χ0v) is 12.8. The van der Waals surface area contributed by atoms with E-state index in [9.17, 15) is 4.79 Å². The van der Waals surface area contributed by atoms with Gasteiger partial charge in [0.15, 0.2) is 5.82 Å². The maximum absolute atomic E-state index is 12.7. The number of benzene rings is 1. The summed E-state index contributed by atoms with van der Waals surface area (Å²) in [5.74, 6) is 2.58. The molecule has 114 valence electrons. The van der Waals surface area contributed by atoms with E-state index in [1.165, 1.54) is 24.8 Å². The van der Waals surface area contributed by atoms with Gasteiger partial charge in [0.2, 0.25) is 5.91 Å². The summed E-state index contributed by atoms with van der Waals surface area (Å²) >= 11 is 0. The summed E-state index contributed by atoms with van der Waals surface area (Å²) in [5, 5.41) is 8.77. The molecule has 0 radical (unpaired) electrons. The summed E-state index contributed by atoms with van der Waals surface area (Å²) in [7, 11) is 1.85. The molecule has 22 heavy (non-hydrogen) atoms. The molecule has 0 spiro atoms. The van der Waals surface area contributed by atoms with E-state index in [0.717, 1.165) is 11.6 Å². The molecule has 0 N–H and O–H groups in total. The highest BCUT2D eigenvalue weighted by atomic mass is 16.2. The van der Waals surface area contributed by atoms with E-state index in [4.69, 9.17) is 0 Å². The lowest BCUT2D eigenvalue weighted by Gasteiger charge is -2.34. The molecule has 2 aliphatic rings. The van der Waals surface area contributed by atoms with Crippen LogP contribution in [-0.2, 0) is 17.8 Å². The first-order valence-corrected chi connectivity index (χ1v) is 7.96. The molecule has 1 aliphatic carbocycles. The smallest absolute Gasteiger partial charge is 0.246 e. The molecule has 1 saturated carbocycles. The minimum absolute atomic E-state index is 0.164. The quantitative estimate of drug-likeness (QED) is 0.873. The molecule has 1 aromatic carbocycles. The standard InChI is InChI=1S/C17H20N4O/c1-20-11-15-18-19-16(13-8-5-9-13)21(15)14(17(20)22)10-12-6-3-2-4-7-12/h2-4,6-7,13-14H,5,8-11H2,1H3/t14-/m1/s1. The number of nitrogens with zero attached hydrogens (tertiary/aromatic N) is 4. The van der Waals surface area contributed by atoms with Crippen molar-refractivity contribution in [3.05, 3.63) is 47.5 Å². The van der Waals surface area contributed by atoms with Crippen molar-refractivity contribution in [2.75, 3.05) is 7.05 Å². The van der Waals surface area contributed by atoms with Crippen LogP contribution in [0.2, 0.25) is 0 Å². The van der Waals surface area contributed by atoms with Gasteiger partial charge in [-0.25, -0.2) is 0 Å². The Kier molecular flexibility index (Phi) is 3.21. The SMILES string of the molecule is CN1Cc2nnc(C3CCC3)n2[C@H](Cc2ccccc2)C1=O. The molecule has 1 aromatic heterocycles. The summed E-state index contributed by atoms with van der Waals surface area (Å²) in [5.41, 5.74) is 1.18. The lowest BCUT2D eigenvalue weighted by molar-refractivity contribution is -0.136. The zero-order valence-electron chi connectivity index (χ0n) is 12.8. The predicted molar refractivity (Wildman–Crippen MR) is 82.3 cm³/mol. The maximum Gasteiger partial charge on any atom is 0.246 e. The van der Waals surface area contributed by atoms with Gasteiger partial charge < -0.3 is 9.47 Å². The third kappa shape index (κ3) is 2.12. The molecule has 5 nitrogen and oxygen atoms in total. The fraction of sp³-hybridized carbons (Fsp3) is 0.471. The molecule has 1 atom stereocenters. The van der Waals surface area contributed by atoms with Crippen molar-refractivity contribution in [3.8, 4) is 0 Å². The van der Waals surface area contributed by atoms with E-state index < -0.39 is 0 Å². The van der Waals surface area contributed by atoms with Crippen LogP contribution in [0.1, 0.15) is 48.4 Å². The van der Waals surface area contributed by atoms with Gasteiger partial charge in [-0.2, -0.15) is 0 Å². The number of likely N-dealkylation sites (N-methyl/N-ethyl adjacent to an activating group) is 1. The molecule has 1 fully saturated rings. The number of aromatic nitrogens is 3. The lowest BCUT2D eigenvalue weighted by atomic mass is 9.84. The Morgan fingerprint density at radius 3 is 2.64 bits per heavy atom. The van der Waals surface area contributed by atoms with Gasteiger partial charge in [0.1, 0.15) is 11.9 Å². The highest BCUT2D eigenvalue weighted by molar-refractivity contribution is 5.81. The van der Waals surface area contributed by atoms with E-state index in [-0.39, 0.29) is 11.9 Å². The first-order chi connectivity index (χ1) is 10.7. The van der Waals surface area contributed by atoms with Gasteiger partial charge in [-0.05, 0) is 18.4 Å². The summed E-state index contributed by atoms with van der Waals surface area (Å²) < 4.78 is 2.12. The molecule has 1 amide bonds. The molecule has 0 unspecified atom stereocenters. The van der Waals surface area contributed by atoms with Crippen molar-refractivity contribution in [2.24, 2.45) is 0 Å². The van der Waals surface area contributed by atoms with Gasteiger partial charge in [-0.15, -0.1) is 10.2 Å². The number of amides is 1. The zero-order chi connectivity index (χ0) is 15.1. The van der Waals surface area contributed by atoms with E-state index in [1.54, 1.807) is 4.90 Å². The van der Waals surface area contributed by atoms with E-state index in [1.807, 2.05) is 25.2 Å². The van der Waals surface area contributed by atoms with Gasteiger partial charge in [-0.1, -0.05) is 36.8 Å². The van der Waals surface area contributed by atoms with Gasteiger partial charge in [0, 0.05) is 19.4 Å². The molecule has 2 aromatic rings. The second-order valence-electron chi connectivity index (χ2n) is 6.37. The van der Waals surface area contributed by atoms with Crippen LogP contribution in [0.15, 0.2) is 30.3 Å². The van der Waals surface area contributed by atoms with Crippen molar-refractivity contribution >= 4 is 5.91 Å². The van der Waals surface area contributed by atoms with Crippen LogP contribution in [0.25, 0.3) is 0 Å².